The van der Waals surface area contributed by atoms with Gasteiger partial charge in [-0.1, -0.05) is 11.6 Å². The molecular formula is C12H9BrClN3O. The van der Waals surface area contributed by atoms with Crippen LogP contribution in [-0.4, -0.2) is 10.9 Å². The van der Waals surface area contributed by atoms with E-state index in [1.165, 1.54) is 6.20 Å². The molecule has 0 radical (unpaired) electrons. The summed E-state index contributed by atoms with van der Waals surface area (Å²) in [6, 6.07) is 8.41. The molecule has 0 fully saturated rings. The van der Waals surface area contributed by atoms with Gasteiger partial charge in [0, 0.05) is 16.4 Å². The number of aromatic nitrogens is 1. The quantitative estimate of drug-likeness (QED) is 0.889. The zero-order valence-corrected chi connectivity index (χ0v) is 11.5. The average Bonchev–Trinajstić information content (AvgIpc) is 2.34. The summed E-state index contributed by atoms with van der Waals surface area (Å²) in [4.78, 5) is 15.9. The van der Waals surface area contributed by atoms with Crippen molar-refractivity contribution < 1.29 is 4.79 Å². The molecule has 4 nitrogen and oxygen atoms in total. The van der Waals surface area contributed by atoms with Crippen molar-refractivity contribution in [1.82, 2.24) is 4.98 Å². The highest BCUT2D eigenvalue weighted by Gasteiger charge is 2.11. The summed E-state index contributed by atoms with van der Waals surface area (Å²) in [7, 11) is 0. The van der Waals surface area contributed by atoms with Crippen molar-refractivity contribution in [2.75, 3.05) is 11.1 Å². The smallest absolute Gasteiger partial charge is 0.276 e. The van der Waals surface area contributed by atoms with Gasteiger partial charge < -0.3 is 11.1 Å². The molecular weight excluding hydrogens is 318 g/mol. The molecule has 0 atom stereocenters. The fourth-order valence-corrected chi connectivity index (χ4v) is 1.80. The second-order valence-corrected chi connectivity index (χ2v) is 4.79. The molecule has 0 aliphatic heterocycles. The van der Waals surface area contributed by atoms with Gasteiger partial charge in [0.05, 0.1) is 10.7 Å². The number of halogens is 2. The molecule has 0 unspecified atom stereocenters. The van der Waals surface area contributed by atoms with Gasteiger partial charge in [-0.3, -0.25) is 4.79 Å². The number of benzene rings is 1. The van der Waals surface area contributed by atoms with E-state index in [-0.39, 0.29) is 11.6 Å². The largest absolute Gasteiger partial charge is 0.397 e. The molecule has 1 amide bonds. The fraction of sp³-hybridized carbons (Fsp3) is 0. The van der Waals surface area contributed by atoms with Gasteiger partial charge in [-0.2, -0.15) is 0 Å². The number of amides is 1. The number of pyridine rings is 1. The molecule has 1 aromatic carbocycles. The van der Waals surface area contributed by atoms with Crippen LogP contribution in [0.1, 0.15) is 10.5 Å². The number of hydrogen-bond acceptors (Lipinski definition) is 3. The third-order valence-corrected chi connectivity index (χ3v) is 3.46. The first-order chi connectivity index (χ1) is 8.58. The van der Waals surface area contributed by atoms with Gasteiger partial charge in [0.1, 0.15) is 0 Å². The third kappa shape index (κ3) is 2.80. The third-order valence-electron chi connectivity index (χ3n) is 2.23. The Hall–Kier alpha value is -1.59. The van der Waals surface area contributed by atoms with Gasteiger partial charge in [-0.25, -0.2) is 4.98 Å². The Morgan fingerprint density at radius 2 is 2.17 bits per heavy atom. The van der Waals surface area contributed by atoms with E-state index >= 15 is 0 Å². The molecule has 3 N–H and O–H groups in total. The van der Waals surface area contributed by atoms with E-state index in [4.69, 9.17) is 17.3 Å². The lowest BCUT2D eigenvalue weighted by Crippen LogP contribution is -2.15. The first-order valence-electron chi connectivity index (χ1n) is 5.05. The molecule has 0 bridgehead atoms. The minimum absolute atomic E-state index is 0.191. The topological polar surface area (TPSA) is 68.0 Å². The number of carbonyl (C=O) groups is 1. The molecule has 18 heavy (non-hydrogen) atoms. The maximum atomic E-state index is 11.9. The normalized spacial score (nSPS) is 10.1. The summed E-state index contributed by atoms with van der Waals surface area (Å²) in [6.07, 6.45) is 1.51. The van der Waals surface area contributed by atoms with Crippen LogP contribution in [0.15, 0.2) is 41.0 Å². The summed E-state index contributed by atoms with van der Waals surface area (Å²) in [6.45, 7) is 0. The van der Waals surface area contributed by atoms with Gasteiger partial charge >= 0.3 is 0 Å². The summed E-state index contributed by atoms with van der Waals surface area (Å²) < 4.78 is 0.763. The van der Waals surface area contributed by atoms with Crippen LogP contribution in [0.4, 0.5) is 11.4 Å². The summed E-state index contributed by atoms with van der Waals surface area (Å²) in [5.74, 6) is -0.369. The van der Waals surface area contributed by atoms with Crippen LogP contribution in [0.5, 0.6) is 0 Å². The zero-order chi connectivity index (χ0) is 13.1. The second kappa shape index (κ2) is 5.37. The molecule has 6 heteroatoms. The van der Waals surface area contributed by atoms with Gasteiger partial charge in [0.15, 0.2) is 5.69 Å². The molecule has 2 rings (SSSR count). The highest BCUT2D eigenvalue weighted by atomic mass is 79.9. The highest BCUT2D eigenvalue weighted by molar-refractivity contribution is 9.10. The first-order valence-corrected chi connectivity index (χ1v) is 6.22. The van der Waals surface area contributed by atoms with E-state index in [0.717, 1.165) is 4.47 Å². The van der Waals surface area contributed by atoms with Crippen molar-refractivity contribution in [3.8, 4) is 0 Å². The monoisotopic (exact) mass is 325 g/mol. The molecule has 0 saturated heterocycles. The van der Waals surface area contributed by atoms with Crippen molar-refractivity contribution in [3.63, 3.8) is 0 Å². The van der Waals surface area contributed by atoms with Crippen LogP contribution < -0.4 is 11.1 Å². The maximum Gasteiger partial charge on any atom is 0.276 e. The lowest BCUT2D eigenvalue weighted by molar-refractivity contribution is 0.102. The van der Waals surface area contributed by atoms with Crippen LogP contribution in [0.25, 0.3) is 0 Å². The molecule has 0 spiro atoms. The van der Waals surface area contributed by atoms with Crippen molar-refractivity contribution in [2.45, 2.75) is 0 Å². The molecule has 92 valence electrons. The van der Waals surface area contributed by atoms with Gasteiger partial charge in [-0.05, 0) is 46.3 Å². The first kappa shape index (κ1) is 12.9. The van der Waals surface area contributed by atoms with E-state index in [2.05, 4.69) is 26.2 Å². The Labute approximate surface area is 117 Å². The Morgan fingerprint density at radius 3 is 2.83 bits per heavy atom. The van der Waals surface area contributed by atoms with Gasteiger partial charge in [0.2, 0.25) is 0 Å². The zero-order valence-electron chi connectivity index (χ0n) is 9.15. The van der Waals surface area contributed by atoms with Crippen molar-refractivity contribution in [2.24, 2.45) is 0 Å². The number of hydrogen-bond donors (Lipinski definition) is 2. The van der Waals surface area contributed by atoms with Crippen LogP contribution in [0.2, 0.25) is 5.02 Å². The van der Waals surface area contributed by atoms with E-state index < -0.39 is 0 Å². The van der Waals surface area contributed by atoms with Crippen LogP contribution in [0.3, 0.4) is 0 Å². The lowest BCUT2D eigenvalue weighted by atomic mass is 10.2. The molecule has 2 aromatic rings. The number of anilines is 2. The Morgan fingerprint density at radius 1 is 1.39 bits per heavy atom. The van der Waals surface area contributed by atoms with Gasteiger partial charge in [-0.15, -0.1) is 0 Å². The predicted octanol–water partition coefficient (Wildman–Crippen LogP) is 3.33. The lowest BCUT2D eigenvalue weighted by Gasteiger charge is -2.07. The van der Waals surface area contributed by atoms with E-state index in [1.807, 2.05) is 0 Å². The molecule has 0 aliphatic carbocycles. The number of nitrogen functional groups attached to an aromatic ring is 1. The van der Waals surface area contributed by atoms with Crippen LogP contribution in [-0.2, 0) is 0 Å². The SMILES string of the molecule is Nc1cccnc1C(=O)Nc1ccc(Br)c(Cl)c1. The maximum absolute atomic E-state index is 11.9. The number of nitrogens with one attached hydrogen (secondary N) is 1. The van der Waals surface area contributed by atoms with Crippen LogP contribution in [0, 0.1) is 0 Å². The molecule has 1 aromatic heterocycles. The minimum atomic E-state index is -0.369. The number of nitrogens with zero attached hydrogens (tertiary/aromatic N) is 1. The Balaban J connectivity index is 2.22. The number of rotatable bonds is 2. The standard InChI is InChI=1S/C12H9BrClN3O/c13-8-4-3-7(6-9(8)14)17-12(18)11-10(15)2-1-5-16-11/h1-6H,15H2,(H,17,18). The minimum Gasteiger partial charge on any atom is -0.397 e. The highest BCUT2D eigenvalue weighted by Crippen LogP contribution is 2.25. The summed E-state index contributed by atoms with van der Waals surface area (Å²) >= 11 is 9.21. The fourth-order valence-electron chi connectivity index (χ4n) is 1.37. The summed E-state index contributed by atoms with van der Waals surface area (Å²) in [5.41, 5.74) is 6.78. The molecule has 0 aliphatic rings. The Bertz CT molecular complexity index is 604. The van der Waals surface area contributed by atoms with Crippen molar-refractivity contribution in [1.29, 1.82) is 0 Å². The van der Waals surface area contributed by atoms with Crippen LogP contribution >= 0.6 is 27.5 Å². The predicted molar refractivity (Wildman–Crippen MR) is 75.8 cm³/mol. The molecule has 1 heterocycles. The number of nitrogens with two attached hydrogens (primary N) is 1. The average molecular weight is 327 g/mol. The van der Waals surface area contributed by atoms with E-state index in [1.54, 1.807) is 30.3 Å². The van der Waals surface area contributed by atoms with Crippen molar-refractivity contribution >= 4 is 44.8 Å². The Kier molecular flexibility index (Phi) is 3.84. The van der Waals surface area contributed by atoms with E-state index in [9.17, 15) is 4.79 Å². The van der Waals surface area contributed by atoms with E-state index in [0.29, 0.717) is 16.4 Å². The summed E-state index contributed by atoms with van der Waals surface area (Å²) in [5, 5.41) is 3.20. The second-order valence-electron chi connectivity index (χ2n) is 3.52. The number of carbonyl (C=O) groups excluding carboxylic acids is 1. The molecule has 0 saturated carbocycles. The van der Waals surface area contributed by atoms with Gasteiger partial charge in [0.25, 0.3) is 5.91 Å². The van der Waals surface area contributed by atoms with Crippen molar-refractivity contribution in [3.05, 3.63) is 51.7 Å².